The van der Waals surface area contributed by atoms with Gasteiger partial charge in [0.25, 0.3) is 0 Å². The molecule has 2 heteroatoms. The minimum atomic E-state index is -1.16. The van der Waals surface area contributed by atoms with Crippen LogP contribution in [0.25, 0.3) is 77.9 Å². The summed E-state index contributed by atoms with van der Waals surface area (Å²) in [7, 11) is 0. The Kier molecular flexibility index (Phi) is 24.8. The van der Waals surface area contributed by atoms with Gasteiger partial charge < -0.3 is 5.11 Å². The topological polar surface area (TPSA) is 37.3 Å². The van der Waals surface area contributed by atoms with Crippen LogP contribution in [0.3, 0.4) is 0 Å². The highest BCUT2D eigenvalue weighted by atomic mass is 16.3. The molecule has 103 heavy (non-hydrogen) atoms. The van der Waals surface area contributed by atoms with Crippen LogP contribution in [0.1, 0.15) is 144 Å². The van der Waals surface area contributed by atoms with Crippen LogP contribution in [0.15, 0.2) is 334 Å². The summed E-state index contributed by atoms with van der Waals surface area (Å²) >= 11 is 0. The fraction of sp³-hybridized carbons (Fsp3) is 0.158. The van der Waals surface area contributed by atoms with Crippen LogP contribution in [-0.2, 0) is 11.0 Å². The van der Waals surface area contributed by atoms with Crippen molar-refractivity contribution in [1.82, 2.24) is 0 Å². The van der Waals surface area contributed by atoms with Gasteiger partial charge >= 0.3 is 0 Å². The van der Waals surface area contributed by atoms with Gasteiger partial charge in [0.2, 0.25) is 0 Å². The van der Waals surface area contributed by atoms with Crippen LogP contribution in [0, 0.1) is 41.5 Å². The molecule has 0 aliphatic heterocycles. The minimum absolute atomic E-state index is 0.149. The predicted octanol–water partition coefficient (Wildman–Crippen LogP) is 27.2. The monoisotopic (exact) mass is 1340 g/mol. The van der Waals surface area contributed by atoms with E-state index in [1.54, 1.807) is 0 Å². The fourth-order valence-corrected chi connectivity index (χ4v) is 15.0. The summed E-state index contributed by atoms with van der Waals surface area (Å²) in [6, 6.07) is 117. The van der Waals surface area contributed by atoms with E-state index in [2.05, 4.69) is 260 Å². The Morgan fingerprint density at radius 3 is 0.777 bits per heavy atom. The number of ketones is 1. The first-order valence-electron chi connectivity index (χ1n) is 36.9. The van der Waals surface area contributed by atoms with Gasteiger partial charge in [0.1, 0.15) is 5.60 Å². The van der Waals surface area contributed by atoms with Gasteiger partial charge in [-0.3, -0.25) is 4.79 Å². The molecular weight excluding hydrogens is 1250 g/mol. The molecule has 0 radical (unpaired) electrons. The third kappa shape index (κ3) is 14.8. The van der Waals surface area contributed by atoms with Crippen molar-refractivity contribution in [3.8, 4) is 77.9 Å². The van der Waals surface area contributed by atoms with Gasteiger partial charge in [0.05, 0.1) is 5.41 Å². The van der Waals surface area contributed by atoms with Crippen molar-refractivity contribution < 1.29 is 9.90 Å². The van der Waals surface area contributed by atoms with E-state index in [1.165, 1.54) is 94.6 Å². The third-order valence-corrected chi connectivity index (χ3v) is 19.3. The molecular formula is C101H98O2. The fourth-order valence-electron chi connectivity index (χ4n) is 15.0. The molecule has 14 aromatic carbocycles. The van der Waals surface area contributed by atoms with Gasteiger partial charge in [-0.15, -0.1) is 0 Å². The molecule has 0 heterocycles. The van der Waals surface area contributed by atoms with Crippen LogP contribution in [-0.4, -0.2) is 10.9 Å². The first kappa shape index (κ1) is 74.4. The first-order chi connectivity index (χ1) is 50.4. The van der Waals surface area contributed by atoms with Crippen molar-refractivity contribution in [1.29, 1.82) is 0 Å². The van der Waals surface area contributed by atoms with Crippen molar-refractivity contribution >= 4 is 5.78 Å². The maximum absolute atomic E-state index is 12.2. The molecule has 0 atom stereocenters. The molecule has 0 saturated heterocycles. The Hall–Kier alpha value is -11.3. The van der Waals surface area contributed by atoms with E-state index in [9.17, 15) is 9.90 Å². The number of hydrogen-bond acceptors (Lipinski definition) is 2. The van der Waals surface area contributed by atoms with Gasteiger partial charge in [0, 0.05) is 27.8 Å². The van der Waals surface area contributed by atoms with E-state index in [1.807, 2.05) is 171 Å². The van der Waals surface area contributed by atoms with Crippen LogP contribution in [0.4, 0.5) is 0 Å². The Morgan fingerprint density at radius 1 is 0.204 bits per heavy atom. The maximum Gasteiger partial charge on any atom is 0.194 e. The van der Waals surface area contributed by atoms with Crippen LogP contribution < -0.4 is 0 Å². The molecule has 4 aliphatic carbocycles. The number of aryl methyl sites for hydroxylation is 6. The number of hydrogen-bond donors (Lipinski definition) is 1. The third-order valence-electron chi connectivity index (χ3n) is 19.3. The number of carbonyl (C=O) groups excluding carboxylic acids is 1. The summed E-state index contributed by atoms with van der Waals surface area (Å²) in [5.74, 6) is 0.149. The normalized spacial score (nSPS) is 12.0. The average Bonchev–Trinajstić information content (AvgIpc) is 1.50. The van der Waals surface area contributed by atoms with E-state index in [-0.39, 0.29) is 11.2 Å². The number of rotatable bonds is 4. The lowest BCUT2D eigenvalue weighted by Gasteiger charge is -2.30. The average molecular weight is 1340 g/mol. The molecule has 4 aliphatic rings. The van der Waals surface area contributed by atoms with E-state index < -0.39 is 5.60 Å². The highest BCUT2D eigenvalue weighted by Gasteiger charge is 2.51. The van der Waals surface area contributed by atoms with Crippen molar-refractivity contribution in [2.75, 3.05) is 0 Å². The number of fused-ring (bicyclic) bond motifs is 16. The highest BCUT2D eigenvalue weighted by molar-refractivity contribution is 6.21. The summed E-state index contributed by atoms with van der Waals surface area (Å²) in [4.78, 5) is 11.9. The molecule has 514 valence electrons. The summed E-state index contributed by atoms with van der Waals surface area (Å²) < 4.78 is 0. The zero-order valence-electron chi connectivity index (χ0n) is 62.6. The first-order valence-corrected chi connectivity index (χ1v) is 36.9. The minimum Gasteiger partial charge on any atom is -0.376 e. The molecule has 0 amide bonds. The predicted molar refractivity (Wildman–Crippen MR) is 441 cm³/mol. The number of carbonyl (C=O) groups is 1. The second-order valence-corrected chi connectivity index (χ2v) is 25.4. The maximum atomic E-state index is 12.2. The molecule has 14 aromatic rings. The second kappa shape index (κ2) is 34.4. The summed E-state index contributed by atoms with van der Waals surface area (Å²) in [5.41, 5.74) is 33.9. The van der Waals surface area contributed by atoms with Crippen molar-refractivity contribution in [2.24, 2.45) is 0 Å². The lowest BCUT2D eigenvalue weighted by Crippen LogP contribution is -2.27. The lowest BCUT2D eigenvalue weighted by molar-refractivity contribution is 0.104. The van der Waals surface area contributed by atoms with Gasteiger partial charge in [-0.1, -0.05) is 411 Å². The summed E-state index contributed by atoms with van der Waals surface area (Å²) in [6.45, 7) is 28.9. The van der Waals surface area contributed by atoms with E-state index >= 15 is 0 Å². The van der Waals surface area contributed by atoms with Crippen molar-refractivity contribution in [3.05, 3.63) is 417 Å². The molecule has 0 aromatic heterocycles. The van der Waals surface area contributed by atoms with Crippen LogP contribution in [0.2, 0.25) is 0 Å². The molecule has 2 nitrogen and oxygen atoms in total. The van der Waals surface area contributed by atoms with Gasteiger partial charge in [-0.05, 0) is 153 Å². The zero-order valence-corrected chi connectivity index (χ0v) is 62.6. The second-order valence-electron chi connectivity index (χ2n) is 25.4. The lowest BCUT2D eigenvalue weighted by atomic mass is 9.70. The summed E-state index contributed by atoms with van der Waals surface area (Å²) in [5, 5.41) is 12.2. The molecule has 0 saturated carbocycles. The SMILES string of the molecule is CC.CC.CC.CC.Cc1ccc(-c2ccccc2)c(C)c1.Cc1ccc(-c2ccccc2)c(C)c1.Cc1ccc(-c2ccccc2)c(C2(O)c3ccccc3-c3ccccc32)c1.Cc1ccc2c(c1)C1(c3ccccc3-c3ccccc31)c1ccccc1-2.O=C1c2ccccc2-c2ccccc21. The van der Waals surface area contributed by atoms with E-state index in [0.29, 0.717) is 0 Å². The standard InChI is InChI=1S/C26H20O.C26H18.2C14H14.C13H8O.4C2H6/c1-18-15-16-20(19-9-3-2-4-10-19)25(17-18)26(27)23-13-7-5-11-21(23)22-12-6-8-14-24(22)26;1-17-14-15-21-20-10-4-7-13-24(20)26(25(21)16-17)22-11-5-2-8-18(22)19-9-3-6-12-23(19)26;2*1-11-8-9-14(12(2)10-11)13-6-4-3-5-7-13;14-13-11-7-3-1-5-9(11)10-6-2-4-8-12(10)13;4*1-2/h2-17,27H,1H3;2-16H,1H3;2*3-10H,1-2H3;1-8H;4*1-2H3. The quantitative estimate of drug-likeness (QED) is 0.191. The molecule has 1 spiro atoms. The van der Waals surface area contributed by atoms with Crippen LogP contribution in [0.5, 0.6) is 0 Å². The Balaban J connectivity index is 0.000000139. The number of benzene rings is 14. The highest BCUT2D eigenvalue weighted by Crippen LogP contribution is 2.63. The molecule has 0 fully saturated rings. The van der Waals surface area contributed by atoms with Gasteiger partial charge in [-0.25, -0.2) is 0 Å². The Labute approximate surface area is 614 Å². The smallest absolute Gasteiger partial charge is 0.194 e. The molecule has 0 unspecified atom stereocenters. The van der Waals surface area contributed by atoms with Gasteiger partial charge in [-0.2, -0.15) is 0 Å². The Bertz CT molecular complexity index is 4930. The Morgan fingerprint density at radius 2 is 0.437 bits per heavy atom. The largest absolute Gasteiger partial charge is 0.376 e. The van der Waals surface area contributed by atoms with E-state index in [0.717, 1.165) is 66.8 Å². The van der Waals surface area contributed by atoms with Crippen molar-refractivity contribution in [3.63, 3.8) is 0 Å². The van der Waals surface area contributed by atoms with E-state index in [4.69, 9.17) is 0 Å². The summed E-state index contributed by atoms with van der Waals surface area (Å²) in [6.07, 6.45) is 0. The number of aliphatic hydroxyl groups is 1. The van der Waals surface area contributed by atoms with Crippen molar-refractivity contribution in [2.45, 2.75) is 108 Å². The van der Waals surface area contributed by atoms with Crippen LogP contribution >= 0.6 is 0 Å². The van der Waals surface area contributed by atoms with Gasteiger partial charge in [0.15, 0.2) is 5.78 Å². The molecule has 18 rings (SSSR count). The zero-order chi connectivity index (χ0) is 73.2. The molecule has 1 N–H and O–H groups in total. The molecule has 0 bridgehead atoms.